The average molecular weight is 255 g/mol. The van der Waals surface area contributed by atoms with Gasteiger partial charge in [-0.15, -0.1) is 0 Å². The zero-order valence-electron chi connectivity index (χ0n) is 13.7. The molecule has 2 heteroatoms. The van der Waals surface area contributed by atoms with Crippen LogP contribution in [0.15, 0.2) is 0 Å². The lowest BCUT2D eigenvalue weighted by Gasteiger charge is -2.38. The Morgan fingerprint density at radius 1 is 1.11 bits per heavy atom. The minimum absolute atomic E-state index is 0.109. The van der Waals surface area contributed by atoms with E-state index in [2.05, 4.69) is 46.9 Å². The van der Waals surface area contributed by atoms with Crippen molar-refractivity contribution in [3.63, 3.8) is 0 Å². The van der Waals surface area contributed by atoms with Crippen LogP contribution >= 0.6 is 0 Å². The van der Waals surface area contributed by atoms with E-state index in [4.69, 9.17) is 0 Å². The SMILES string of the molecule is CCC(C)(C)CC(C)(C)NC(C)CC(C)(C)C=O. The molecule has 0 aromatic heterocycles. The fourth-order valence-electron chi connectivity index (χ4n) is 2.93. The first-order chi connectivity index (χ1) is 7.93. The monoisotopic (exact) mass is 255 g/mol. The molecule has 0 rings (SSSR count). The Morgan fingerprint density at radius 3 is 2.00 bits per heavy atom. The smallest absolute Gasteiger partial charge is 0.125 e. The van der Waals surface area contributed by atoms with E-state index in [0.717, 1.165) is 19.1 Å². The largest absolute Gasteiger partial charge is 0.309 e. The number of hydrogen-bond acceptors (Lipinski definition) is 2. The standard InChI is InChI=1S/C16H33NO/c1-9-14(3,4)11-16(7,8)17-13(2)10-15(5,6)12-18/h12-13,17H,9-11H2,1-8H3. The summed E-state index contributed by atoms with van der Waals surface area (Å²) in [6.07, 6.45) is 4.27. The molecular formula is C16H33NO. The predicted octanol–water partition coefficient (Wildman–Crippen LogP) is 4.18. The summed E-state index contributed by atoms with van der Waals surface area (Å²) in [5, 5.41) is 3.68. The van der Waals surface area contributed by atoms with Crippen molar-refractivity contribution in [2.75, 3.05) is 0 Å². The lowest BCUT2D eigenvalue weighted by molar-refractivity contribution is -0.115. The number of carbonyl (C=O) groups excluding carboxylic acids is 1. The normalized spacial score (nSPS) is 15.6. The maximum Gasteiger partial charge on any atom is 0.125 e. The molecule has 0 aliphatic carbocycles. The van der Waals surface area contributed by atoms with Gasteiger partial charge in [0, 0.05) is 17.0 Å². The Bertz CT molecular complexity index is 266. The molecule has 0 aromatic carbocycles. The molecule has 1 N–H and O–H groups in total. The van der Waals surface area contributed by atoms with E-state index in [1.54, 1.807) is 0 Å². The highest BCUT2D eigenvalue weighted by Gasteiger charge is 2.30. The van der Waals surface area contributed by atoms with E-state index < -0.39 is 0 Å². The first-order valence-electron chi connectivity index (χ1n) is 7.17. The molecule has 0 heterocycles. The molecule has 0 saturated heterocycles. The molecule has 0 radical (unpaired) electrons. The Hall–Kier alpha value is -0.370. The quantitative estimate of drug-likeness (QED) is 0.659. The van der Waals surface area contributed by atoms with Crippen molar-refractivity contribution in [2.45, 2.75) is 86.2 Å². The van der Waals surface area contributed by atoms with Gasteiger partial charge in [-0.3, -0.25) is 0 Å². The van der Waals surface area contributed by atoms with Crippen LogP contribution in [-0.4, -0.2) is 17.9 Å². The molecule has 0 spiro atoms. The van der Waals surface area contributed by atoms with Crippen LogP contribution in [0.5, 0.6) is 0 Å². The molecule has 0 fully saturated rings. The lowest BCUT2D eigenvalue weighted by Crippen LogP contribution is -2.48. The Balaban J connectivity index is 4.45. The molecular weight excluding hydrogens is 222 g/mol. The van der Waals surface area contributed by atoms with Gasteiger partial charge in [-0.1, -0.05) is 41.0 Å². The molecule has 0 saturated carbocycles. The highest BCUT2D eigenvalue weighted by atomic mass is 16.1. The molecule has 0 aliphatic rings. The van der Waals surface area contributed by atoms with Gasteiger partial charge in [-0.2, -0.15) is 0 Å². The number of rotatable bonds is 8. The molecule has 0 bridgehead atoms. The van der Waals surface area contributed by atoms with E-state index in [-0.39, 0.29) is 11.0 Å². The lowest BCUT2D eigenvalue weighted by atomic mass is 9.77. The van der Waals surface area contributed by atoms with Gasteiger partial charge in [0.25, 0.3) is 0 Å². The van der Waals surface area contributed by atoms with Crippen molar-refractivity contribution in [1.29, 1.82) is 0 Å². The average Bonchev–Trinajstić information content (AvgIpc) is 2.14. The zero-order chi connectivity index (χ0) is 14.6. The number of hydrogen-bond donors (Lipinski definition) is 1. The molecule has 0 amide bonds. The van der Waals surface area contributed by atoms with Crippen LogP contribution in [0, 0.1) is 10.8 Å². The Morgan fingerprint density at radius 2 is 1.61 bits per heavy atom. The third kappa shape index (κ3) is 7.15. The summed E-state index contributed by atoms with van der Waals surface area (Å²) >= 11 is 0. The third-order valence-corrected chi connectivity index (χ3v) is 3.67. The van der Waals surface area contributed by atoms with Gasteiger partial charge < -0.3 is 10.1 Å². The molecule has 2 nitrogen and oxygen atoms in total. The molecule has 1 atom stereocenters. The van der Waals surface area contributed by atoms with Crippen LogP contribution < -0.4 is 5.32 Å². The van der Waals surface area contributed by atoms with Crippen LogP contribution in [0.4, 0.5) is 0 Å². The van der Waals surface area contributed by atoms with Gasteiger partial charge in [-0.25, -0.2) is 0 Å². The van der Waals surface area contributed by atoms with Crippen LogP contribution in [0.25, 0.3) is 0 Å². The van der Waals surface area contributed by atoms with E-state index in [1.165, 1.54) is 6.42 Å². The van der Waals surface area contributed by atoms with Crippen molar-refractivity contribution >= 4 is 6.29 Å². The Kier molecular flexibility index (Phi) is 6.06. The van der Waals surface area contributed by atoms with Gasteiger partial charge in [0.2, 0.25) is 0 Å². The van der Waals surface area contributed by atoms with Gasteiger partial charge in [0.15, 0.2) is 0 Å². The second-order valence-corrected chi connectivity index (χ2v) is 7.93. The molecule has 0 aliphatic heterocycles. The third-order valence-electron chi connectivity index (χ3n) is 3.67. The van der Waals surface area contributed by atoms with Crippen LogP contribution in [0.1, 0.15) is 74.7 Å². The summed E-state index contributed by atoms with van der Waals surface area (Å²) in [6, 6.07) is 0.354. The van der Waals surface area contributed by atoms with E-state index >= 15 is 0 Å². The van der Waals surface area contributed by atoms with Crippen molar-refractivity contribution in [3.05, 3.63) is 0 Å². The van der Waals surface area contributed by atoms with E-state index in [0.29, 0.717) is 11.5 Å². The van der Waals surface area contributed by atoms with Crippen LogP contribution in [0.3, 0.4) is 0 Å². The number of aldehydes is 1. The maximum absolute atomic E-state index is 11.0. The highest BCUT2D eigenvalue weighted by Crippen LogP contribution is 2.31. The topological polar surface area (TPSA) is 29.1 Å². The maximum atomic E-state index is 11.0. The molecule has 1 unspecified atom stereocenters. The van der Waals surface area contributed by atoms with E-state index in [1.807, 2.05) is 13.8 Å². The first kappa shape index (κ1) is 17.6. The van der Waals surface area contributed by atoms with Crippen molar-refractivity contribution < 1.29 is 4.79 Å². The van der Waals surface area contributed by atoms with Gasteiger partial charge in [0.1, 0.15) is 6.29 Å². The summed E-state index contributed by atoms with van der Waals surface area (Å²) in [6.45, 7) is 17.6. The van der Waals surface area contributed by atoms with Crippen molar-refractivity contribution in [2.24, 2.45) is 10.8 Å². The van der Waals surface area contributed by atoms with Crippen molar-refractivity contribution in [3.8, 4) is 0 Å². The van der Waals surface area contributed by atoms with Gasteiger partial charge in [0.05, 0.1) is 0 Å². The second kappa shape index (κ2) is 6.18. The molecule has 0 aromatic rings. The zero-order valence-corrected chi connectivity index (χ0v) is 13.7. The summed E-state index contributed by atoms with van der Waals surface area (Å²) in [4.78, 5) is 11.0. The summed E-state index contributed by atoms with van der Waals surface area (Å²) in [5.74, 6) is 0. The van der Waals surface area contributed by atoms with E-state index in [9.17, 15) is 4.79 Å². The minimum Gasteiger partial charge on any atom is -0.309 e. The van der Waals surface area contributed by atoms with Crippen molar-refractivity contribution in [1.82, 2.24) is 5.32 Å². The Labute approximate surface area is 114 Å². The predicted molar refractivity (Wildman–Crippen MR) is 79.8 cm³/mol. The molecule has 18 heavy (non-hydrogen) atoms. The second-order valence-electron chi connectivity index (χ2n) is 7.93. The fraction of sp³-hybridized carbons (Fsp3) is 0.938. The summed E-state index contributed by atoms with van der Waals surface area (Å²) in [7, 11) is 0. The first-order valence-corrected chi connectivity index (χ1v) is 7.17. The number of carbonyl (C=O) groups is 1. The van der Waals surface area contributed by atoms with Crippen LogP contribution in [-0.2, 0) is 4.79 Å². The fourth-order valence-corrected chi connectivity index (χ4v) is 2.93. The molecule has 108 valence electrons. The highest BCUT2D eigenvalue weighted by molar-refractivity contribution is 5.57. The van der Waals surface area contributed by atoms with Gasteiger partial charge in [-0.05, 0) is 39.0 Å². The minimum atomic E-state index is -0.233. The summed E-state index contributed by atoms with van der Waals surface area (Å²) < 4.78 is 0. The summed E-state index contributed by atoms with van der Waals surface area (Å²) in [5.41, 5.74) is 0.233. The number of nitrogens with one attached hydrogen (secondary N) is 1. The van der Waals surface area contributed by atoms with Gasteiger partial charge >= 0.3 is 0 Å². The van der Waals surface area contributed by atoms with Crippen LogP contribution in [0.2, 0.25) is 0 Å².